The molecule has 2 N–H and O–H groups in total. The summed E-state index contributed by atoms with van der Waals surface area (Å²) in [6.45, 7) is 5.43. The molecule has 2 heterocycles. The molecule has 0 aromatic heterocycles. The van der Waals surface area contributed by atoms with Gasteiger partial charge in [-0.25, -0.2) is 0 Å². The van der Waals surface area contributed by atoms with Crippen molar-refractivity contribution in [3.63, 3.8) is 0 Å². The van der Waals surface area contributed by atoms with Crippen LogP contribution in [-0.2, 0) is 0 Å². The zero-order valence-corrected chi connectivity index (χ0v) is 8.03. The molecule has 0 amide bonds. The number of fused-ring (bicyclic) bond motifs is 1. The van der Waals surface area contributed by atoms with E-state index >= 15 is 0 Å². The molecule has 0 spiro atoms. The third-order valence-corrected chi connectivity index (χ3v) is 2.68. The van der Waals surface area contributed by atoms with Crippen LogP contribution in [0.15, 0.2) is 4.99 Å². The molecule has 2 rings (SSSR count). The summed E-state index contributed by atoms with van der Waals surface area (Å²) in [6.07, 6.45) is 0.877. The molecule has 1 fully saturated rings. The first-order valence-corrected chi connectivity index (χ1v) is 4.96. The van der Waals surface area contributed by atoms with Crippen molar-refractivity contribution in [1.82, 2.24) is 10.2 Å². The molecule has 0 aliphatic carbocycles. The Balaban J connectivity index is 1.96. The first-order chi connectivity index (χ1) is 6.29. The minimum absolute atomic E-state index is 0.284. The molecule has 0 bridgehead atoms. The van der Waals surface area contributed by atoms with E-state index < -0.39 is 0 Å². The molecule has 2 atom stereocenters. The Labute approximate surface area is 78.6 Å². The maximum atomic E-state index is 8.83. The largest absolute Gasteiger partial charge is 0.396 e. The fourth-order valence-corrected chi connectivity index (χ4v) is 2.03. The first kappa shape index (κ1) is 8.81. The normalized spacial score (nSPS) is 32.5. The van der Waals surface area contributed by atoms with Crippen molar-refractivity contribution in [3.8, 4) is 0 Å². The van der Waals surface area contributed by atoms with E-state index in [1.807, 2.05) is 0 Å². The molecule has 4 nitrogen and oxygen atoms in total. The van der Waals surface area contributed by atoms with Gasteiger partial charge in [0, 0.05) is 32.3 Å². The monoisotopic (exact) mass is 183 g/mol. The van der Waals surface area contributed by atoms with Crippen molar-refractivity contribution in [1.29, 1.82) is 0 Å². The third kappa shape index (κ3) is 1.77. The molecule has 74 valence electrons. The number of rotatable bonds is 2. The zero-order chi connectivity index (χ0) is 9.26. The Hall–Kier alpha value is -0.770. The Morgan fingerprint density at radius 1 is 1.62 bits per heavy atom. The molecule has 2 aliphatic heterocycles. The van der Waals surface area contributed by atoms with E-state index in [1.54, 1.807) is 0 Å². The van der Waals surface area contributed by atoms with Gasteiger partial charge in [0.05, 0.1) is 0 Å². The van der Waals surface area contributed by atoms with Crippen molar-refractivity contribution < 1.29 is 5.11 Å². The molecule has 0 saturated carbocycles. The quantitative estimate of drug-likeness (QED) is 0.615. The fraction of sp³-hybridized carbons (Fsp3) is 0.889. The van der Waals surface area contributed by atoms with Crippen molar-refractivity contribution in [2.24, 2.45) is 10.9 Å². The number of nitrogens with one attached hydrogen (secondary N) is 1. The number of aliphatic hydroxyl groups excluding tert-OH is 1. The second-order valence-corrected chi connectivity index (χ2v) is 3.99. The van der Waals surface area contributed by atoms with E-state index in [2.05, 4.69) is 22.1 Å². The van der Waals surface area contributed by atoms with Crippen molar-refractivity contribution in [2.75, 3.05) is 26.2 Å². The van der Waals surface area contributed by atoms with Gasteiger partial charge in [0.25, 0.3) is 0 Å². The van der Waals surface area contributed by atoms with Gasteiger partial charge in [-0.2, -0.15) is 0 Å². The minimum Gasteiger partial charge on any atom is -0.396 e. The number of guanidine groups is 1. The highest BCUT2D eigenvalue weighted by Gasteiger charge is 2.29. The smallest absolute Gasteiger partial charge is 0.194 e. The Bertz CT molecular complexity index is 217. The molecule has 1 saturated heterocycles. The predicted molar refractivity (Wildman–Crippen MR) is 51.7 cm³/mol. The van der Waals surface area contributed by atoms with E-state index in [-0.39, 0.29) is 6.61 Å². The summed E-state index contributed by atoms with van der Waals surface area (Å²) in [4.78, 5) is 6.75. The summed E-state index contributed by atoms with van der Waals surface area (Å²) in [5, 5.41) is 12.2. The van der Waals surface area contributed by atoms with Crippen molar-refractivity contribution in [2.45, 2.75) is 19.4 Å². The van der Waals surface area contributed by atoms with Gasteiger partial charge in [-0.15, -0.1) is 0 Å². The topological polar surface area (TPSA) is 47.9 Å². The third-order valence-electron chi connectivity index (χ3n) is 2.68. The van der Waals surface area contributed by atoms with Crippen LogP contribution >= 0.6 is 0 Å². The lowest BCUT2D eigenvalue weighted by atomic mass is 10.0. The maximum absolute atomic E-state index is 8.83. The summed E-state index contributed by atoms with van der Waals surface area (Å²) in [7, 11) is 0. The van der Waals surface area contributed by atoms with Crippen LogP contribution in [0.2, 0.25) is 0 Å². The number of aliphatic hydroxyl groups is 1. The molecule has 0 radical (unpaired) electrons. The van der Waals surface area contributed by atoms with Crippen LogP contribution in [0.25, 0.3) is 0 Å². The second-order valence-electron chi connectivity index (χ2n) is 3.99. The van der Waals surface area contributed by atoms with Gasteiger partial charge in [-0.1, -0.05) is 0 Å². The van der Waals surface area contributed by atoms with Gasteiger partial charge in [0.1, 0.15) is 0 Å². The minimum atomic E-state index is 0.284. The number of hydrogen-bond donors (Lipinski definition) is 2. The van der Waals surface area contributed by atoms with Gasteiger partial charge in [0.15, 0.2) is 5.96 Å². The molecule has 2 unspecified atom stereocenters. The zero-order valence-electron chi connectivity index (χ0n) is 8.03. The van der Waals surface area contributed by atoms with E-state index in [0.717, 1.165) is 32.0 Å². The Kier molecular flexibility index (Phi) is 2.40. The molecule has 2 aliphatic rings. The fourth-order valence-electron chi connectivity index (χ4n) is 2.03. The summed E-state index contributed by atoms with van der Waals surface area (Å²) < 4.78 is 0. The summed E-state index contributed by atoms with van der Waals surface area (Å²) in [5.41, 5.74) is 0. The second kappa shape index (κ2) is 3.54. The predicted octanol–water partition coefficient (Wildman–Crippen LogP) is -0.352. The van der Waals surface area contributed by atoms with E-state index in [9.17, 15) is 0 Å². The summed E-state index contributed by atoms with van der Waals surface area (Å²) in [5.74, 6) is 1.60. The van der Waals surface area contributed by atoms with Gasteiger partial charge in [0.2, 0.25) is 0 Å². The van der Waals surface area contributed by atoms with Gasteiger partial charge < -0.3 is 15.3 Å². The van der Waals surface area contributed by atoms with Gasteiger partial charge in [-0.05, 0) is 19.3 Å². The SMILES string of the molecule is CC1CN2CC(CCO)CN=C2N1. The van der Waals surface area contributed by atoms with Crippen molar-refractivity contribution in [3.05, 3.63) is 0 Å². The lowest BCUT2D eigenvalue weighted by Crippen LogP contribution is -2.39. The summed E-state index contributed by atoms with van der Waals surface area (Å²) >= 11 is 0. The van der Waals surface area contributed by atoms with Crippen LogP contribution < -0.4 is 5.32 Å². The van der Waals surface area contributed by atoms with Crippen LogP contribution in [0.1, 0.15) is 13.3 Å². The number of aliphatic imine (C=N–C) groups is 1. The molecule has 13 heavy (non-hydrogen) atoms. The number of nitrogens with zero attached hydrogens (tertiary/aromatic N) is 2. The van der Waals surface area contributed by atoms with Crippen LogP contribution in [0.4, 0.5) is 0 Å². The van der Waals surface area contributed by atoms with Crippen molar-refractivity contribution >= 4 is 5.96 Å². The highest BCUT2D eigenvalue weighted by atomic mass is 16.3. The lowest BCUT2D eigenvalue weighted by molar-refractivity contribution is 0.233. The molecular weight excluding hydrogens is 166 g/mol. The maximum Gasteiger partial charge on any atom is 0.194 e. The lowest BCUT2D eigenvalue weighted by Gasteiger charge is -2.27. The van der Waals surface area contributed by atoms with E-state index in [4.69, 9.17) is 5.11 Å². The van der Waals surface area contributed by atoms with Gasteiger partial charge in [-0.3, -0.25) is 4.99 Å². The van der Waals surface area contributed by atoms with Crippen LogP contribution in [0, 0.1) is 5.92 Å². The first-order valence-electron chi connectivity index (χ1n) is 4.96. The summed E-state index contributed by atoms with van der Waals surface area (Å²) in [6, 6.07) is 0.520. The highest BCUT2D eigenvalue weighted by molar-refractivity contribution is 5.82. The average Bonchev–Trinajstić information content (AvgIpc) is 2.44. The Morgan fingerprint density at radius 2 is 2.46 bits per heavy atom. The van der Waals surface area contributed by atoms with Gasteiger partial charge >= 0.3 is 0 Å². The standard InChI is InChI=1S/C9H17N3O/c1-7-5-12-6-8(2-3-13)4-10-9(12)11-7/h7-8,13H,2-6H2,1H3,(H,10,11). The van der Waals surface area contributed by atoms with E-state index in [0.29, 0.717) is 12.0 Å². The van der Waals surface area contributed by atoms with Crippen LogP contribution in [0.5, 0.6) is 0 Å². The molecule has 0 aromatic carbocycles. The molecule has 0 aromatic rings. The molecular formula is C9H17N3O. The van der Waals surface area contributed by atoms with E-state index in [1.165, 1.54) is 0 Å². The van der Waals surface area contributed by atoms with Crippen LogP contribution in [0.3, 0.4) is 0 Å². The number of hydrogen-bond acceptors (Lipinski definition) is 4. The highest BCUT2D eigenvalue weighted by Crippen LogP contribution is 2.15. The Morgan fingerprint density at radius 3 is 3.23 bits per heavy atom. The average molecular weight is 183 g/mol. The molecule has 4 heteroatoms. The van der Waals surface area contributed by atoms with Crippen LogP contribution in [-0.4, -0.2) is 48.2 Å².